The van der Waals surface area contributed by atoms with E-state index in [-0.39, 0.29) is 17.5 Å². The third-order valence-corrected chi connectivity index (χ3v) is 4.66. The smallest absolute Gasteiger partial charge is 0.261 e. The first kappa shape index (κ1) is 16.1. The van der Waals surface area contributed by atoms with E-state index in [4.69, 9.17) is 0 Å². The van der Waals surface area contributed by atoms with E-state index >= 15 is 0 Å². The molecule has 0 aliphatic rings. The van der Waals surface area contributed by atoms with Gasteiger partial charge in [-0.15, -0.1) is 0 Å². The van der Waals surface area contributed by atoms with Crippen LogP contribution in [0.25, 0.3) is 0 Å². The quantitative estimate of drug-likeness (QED) is 0.643. The van der Waals surface area contributed by atoms with Gasteiger partial charge in [-0.2, -0.15) is 4.98 Å². The van der Waals surface area contributed by atoms with Gasteiger partial charge in [-0.05, 0) is 26.2 Å². The maximum Gasteiger partial charge on any atom is 0.261 e. The van der Waals surface area contributed by atoms with Gasteiger partial charge in [-0.25, -0.2) is 0 Å². The van der Waals surface area contributed by atoms with Crippen molar-refractivity contribution in [1.82, 2.24) is 9.55 Å². The Bertz CT molecular complexity index is 485. The molecule has 0 radical (unpaired) electrons. The Kier molecular flexibility index (Phi) is 5.91. The summed E-state index contributed by atoms with van der Waals surface area (Å²) in [4.78, 5) is 16.7. The Morgan fingerprint density at radius 3 is 2.37 bits per heavy atom. The maximum atomic E-state index is 12.5. The Balaban J connectivity index is 3.40. The summed E-state index contributed by atoms with van der Waals surface area (Å²) in [5.74, 6) is -0.113. The fraction of sp³-hybridized carbons (Fsp3) is 0.714. The van der Waals surface area contributed by atoms with E-state index in [0.29, 0.717) is 22.4 Å². The first-order valence-electron chi connectivity index (χ1n) is 6.97. The van der Waals surface area contributed by atoms with Crippen LogP contribution in [0.15, 0.2) is 9.95 Å². The summed E-state index contributed by atoms with van der Waals surface area (Å²) in [6.07, 6.45) is 2.36. The van der Waals surface area contributed by atoms with Gasteiger partial charge in [-0.1, -0.05) is 39.5 Å². The second-order valence-corrected chi connectivity index (χ2v) is 6.22. The van der Waals surface area contributed by atoms with E-state index in [1.54, 1.807) is 16.3 Å². The molecule has 2 atom stereocenters. The summed E-state index contributed by atoms with van der Waals surface area (Å²) in [5, 5.41) is 10.9. The van der Waals surface area contributed by atoms with Crippen molar-refractivity contribution in [3.05, 3.63) is 15.9 Å². The fourth-order valence-corrected chi connectivity index (χ4v) is 2.81. The first-order valence-corrected chi connectivity index (χ1v) is 7.85. The molecule has 1 aromatic rings. The molecule has 1 N–H and O–H groups in total. The van der Waals surface area contributed by atoms with Gasteiger partial charge < -0.3 is 5.11 Å². The van der Waals surface area contributed by atoms with Crippen LogP contribution in [0.5, 0.6) is 5.88 Å². The van der Waals surface area contributed by atoms with Gasteiger partial charge in [0.15, 0.2) is 5.16 Å². The molecule has 0 amide bonds. The normalized spacial score (nSPS) is 14.4. The van der Waals surface area contributed by atoms with Crippen molar-refractivity contribution in [3.8, 4) is 5.88 Å². The standard InChI is InChI=1S/C14H24N2O2S/c1-6-9(4)16-13(18)11(8-3)12(17)15-14(16)19-10(5)7-2/h9-10,17H,6-8H2,1-5H3/t9-,10-/m0/s1. The van der Waals surface area contributed by atoms with Crippen LogP contribution in [0.3, 0.4) is 0 Å². The van der Waals surface area contributed by atoms with Gasteiger partial charge in [0.2, 0.25) is 5.88 Å². The summed E-state index contributed by atoms with van der Waals surface area (Å²) >= 11 is 1.55. The highest BCUT2D eigenvalue weighted by molar-refractivity contribution is 7.99. The first-order chi connectivity index (χ1) is 8.96. The SMILES string of the molecule is CCc1c(O)nc(S[C@@H](C)CC)n([C@@H](C)CC)c1=O. The molecule has 1 heterocycles. The van der Waals surface area contributed by atoms with Crippen molar-refractivity contribution in [2.45, 2.75) is 70.3 Å². The highest BCUT2D eigenvalue weighted by Crippen LogP contribution is 2.27. The summed E-state index contributed by atoms with van der Waals surface area (Å²) in [7, 11) is 0. The predicted octanol–water partition coefficient (Wildman–Crippen LogP) is 3.37. The maximum absolute atomic E-state index is 12.5. The zero-order chi connectivity index (χ0) is 14.6. The molecule has 0 fully saturated rings. The van der Waals surface area contributed by atoms with Gasteiger partial charge in [0.05, 0.1) is 5.56 Å². The van der Waals surface area contributed by atoms with Crippen LogP contribution in [-0.2, 0) is 6.42 Å². The molecule has 0 saturated carbocycles. The van der Waals surface area contributed by atoms with Gasteiger partial charge in [-0.3, -0.25) is 9.36 Å². The van der Waals surface area contributed by atoms with Crippen molar-refractivity contribution >= 4 is 11.8 Å². The second-order valence-electron chi connectivity index (χ2n) is 4.82. The van der Waals surface area contributed by atoms with Gasteiger partial charge >= 0.3 is 0 Å². The molecule has 1 aromatic heterocycles. The van der Waals surface area contributed by atoms with E-state index in [9.17, 15) is 9.90 Å². The van der Waals surface area contributed by atoms with E-state index in [1.165, 1.54) is 0 Å². The predicted molar refractivity (Wildman–Crippen MR) is 80.2 cm³/mol. The lowest BCUT2D eigenvalue weighted by Crippen LogP contribution is -2.29. The molecule has 0 saturated heterocycles. The van der Waals surface area contributed by atoms with Crippen LogP contribution in [0, 0.1) is 0 Å². The van der Waals surface area contributed by atoms with Gasteiger partial charge in [0.1, 0.15) is 0 Å². The van der Waals surface area contributed by atoms with E-state index in [0.717, 1.165) is 12.8 Å². The number of aromatic hydroxyl groups is 1. The minimum absolute atomic E-state index is 0.0949. The minimum Gasteiger partial charge on any atom is -0.493 e. The van der Waals surface area contributed by atoms with Crippen molar-refractivity contribution in [2.75, 3.05) is 0 Å². The molecule has 0 spiro atoms. The average molecular weight is 284 g/mol. The molecule has 1 rings (SSSR count). The third kappa shape index (κ3) is 3.53. The monoisotopic (exact) mass is 284 g/mol. The minimum atomic E-state index is -0.113. The van der Waals surface area contributed by atoms with Crippen molar-refractivity contribution in [3.63, 3.8) is 0 Å². The van der Waals surface area contributed by atoms with Crippen molar-refractivity contribution in [1.29, 1.82) is 0 Å². The Labute approximate surface area is 119 Å². The zero-order valence-electron chi connectivity index (χ0n) is 12.4. The van der Waals surface area contributed by atoms with E-state index in [2.05, 4.69) is 18.8 Å². The largest absolute Gasteiger partial charge is 0.493 e. The summed E-state index contributed by atoms with van der Waals surface area (Å²) in [6, 6.07) is 0.0949. The van der Waals surface area contributed by atoms with Crippen LogP contribution in [0.1, 0.15) is 59.1 Å². The summed E-state index contributed by atoms with van der Waals surface area (Å²) in [5.41, 5.74) is 0.309. The number of hydrogen-bond acceptors (Lipinski definition) is 4. The van der Waals surface area contributed by atoms with Gasteiger partial charge in [0, 0.05) is 11.3 Å². The molecular weight excluding hydrogens is 260 g/mol. The lowest BCUT2D eigenvalue weighted by molar-refractivity contribution is 0.402. The van der Waals surface area contributed by atoms with Crippen molar-refractivity contribution in [2.24, 2.45) is 0 Å². The Morgan fingerprint density at radius 1 is 1.26 bits per heavy atom. The molecule has 0 bridgehead atoms. The van der Waals surface area contributed by atoms with E-state index in [1.807, 2.05) is 20.8 Å². The van der Waals surface area contributed by atoms with Crippen LogP contribution in [0.4, 0.5) is 0 Å². The van der Waals surface area contributed by atoms with E-state index < -0.39 is 0 Å². The lowest BCUT2D eigenvalue weighted by atomic mass is 10.2. The summed E-state index contributed by atoms with van der Waals surface area (Å²) in [6.45, 7) is 10.1. The molecule has 19 heavy (non-hydrogen) atoms. The number of hydrogen-bond donors (Lipinski definition) is 1. The number of nitrogens with zero attached hydrogens (tertiary/aromatic N) is 2. The van der Waals surface area contributed by atoms with Crippen LogP contribution >= 0.6 is 11.8 Å². The summed E-state index contributed by atoms with van der Waals surface area (Å²) < 4.78 is 1.73. The molecule has 0 aliphatic heterocycles. The average Bonchev–Trinajstić information content (AvgIpc) is 2.38. The third-order valence-electron chi connectivity index (χ3n) is 3.42. The number of thioether (sulfide) groups is 1. The fourth-order valence-electron chi connectivity index (χ4n) is 1.77. The highest BCUT2D eigenvalue weighted by atomic mass is 32.2. The van der Waals surface area contributed by atoms with Gasteiger partial charge in [0.25, 0.3) is 5.56 Å². The Morgan fingerprint density at radius 2 is 1.89 bits per heavy atom. The lowest BCUT2D eigenvalue weighted by Gasteiger charge is -2.20. The Hall–Kier alpha value is -0.970. The molecule has 5 heteroatoms. The molecule has 0 aliphatic carbocycles. The van der Waals surface area contributed by atoms with Crippen LogP contribution in [0.2, 0.25) is 0 Å². The number of aromatic nitrogens is 2. The van der Waals surface area contributed by atoms with Crippen LogP contribution < -0.4 is 5.56 Å². The van der Waals surface area contributed by atoms with Crippen molar-refractivity contribution < 1.29 is 5.11 Å². The topological polar surface area (TPSA) is 55.1 Å². The molecule has 108 valence electrons. The zero-order valence-corrected chi connectivity index (χ0v) is 13.3. The van der Waals surface area contributed by atoms with Crippen LogP contribution in [-0.4, -0.2) is 19.9 Å². The molecular formula is C14H24N2O2S. The molecule has 0 unspecified atom stereocenters. The highest BCUT2D eigenvalue weighted by Gasteiger charge is 2.19. The number of rotatable bonds is 6. The molecule has 4 nitrogen and oxygen atoms in total. The molecule has 0 aromatic carbocycles. The second kappa shape index (κ2) is 6.98.